The number of sulfonamides is 1. The lowest BCUT2D eigenvalue weighted by atomic mass is 10.2. The lowest BCUT2D eigenvalue weighted by Crippen LogP contribution is -2.33. The number of benzene rings is 1. The molecule has 4 nitrogen and oxygen atoms in total. The third kappa shape index (κ3) is 3.80. The molecule has 0 N–H and O–H groups in total. The summed E-state index contributed by atoms with van der Waals surface area (Å²) in [6.07, 6.45) is 0.913. The molecule has 0 aliphatic carbocycles. The zero-order valence-corrected chi connectivity index (χ0v) is 12.4. The quantitative estimate of drug-likeness (QED) is 0.785. The van der Waals surface area contributed by atoms with Crippen LogP contribution in [-0.2, 0) is 16.4 Å². The Hall–Kier alpha value is -0.910. The van der Waals surface area contributed by atoms with Gasteiger partial charge in [0, 0.05) is 20.1 Å². The molecule has 0 atom stereocenters. The van der Waals surface area contributed by atoms with Crippen molar-refractivity contribution in [3.8, 4) is 0 Å². The van der Waals surface area contributed by atoms with E-state index in [2.05, 4.69) is 0 Å². The van der Waals surface area contributed by atoms with Crippen molar-refractivity contribution in [1.82, 2.24) is 9.21 Å². The Morgan fingerprint density at radius 1 is 1.00 bits per heavy atom. The van der Waals surface area contributed by atoms with Gasteiger partial charge in [-0.05, 0) is 38.2 Å². The van der Waals surface area contributed by atoms with Crippen molar-refractivity contribution in [3.63, 3.8) is 0 Å². The highest BCUT2D eigenvalue weighted by Gasteiger charge is 2.20. The fourth-order valence-corrected chi connectivity index (χ4v) is 2.70. The second kappa shape index (κ2) is 6.31. The molecule has 0 amide bonds. The van der Waals surface area contributed by atoms with E-state index in [1.54, 1.807) is 19.2 Å². The van der Waals surface area contributed by atoms with Crippen LogP contribution >= 0.6 is 0 Å². The molecule has 0 spiro atoms. The Morgan fingerprint density at radius 2 is 1.56 bits per heavy atom. The zero-order chi connectivity index (χ0) is 13.8. The van der Waals surface area contributed by atoms with E-state index in [9.17, 15) is 8.42 Å². The predicted molar refractivity (Wildman–Crippen MR) is 74.2 cm³/mol. The van der Waals surface area contributed by atoms with Gasteiger partial charge in [-0.25, -0.2) is 8.42 Å². The molecule has 0 aliphatic rings. The molecule has 0 saturated carbocycles. The van der Waals surface area contributed by atoms with Gasteiger partial charge in [-0.3, -0.25) is 0 Å². The van der Waals surface area contributed by atoms with E-state index in [1.165, 1.54) is 4.31 Å². The molecular formula is C13H22N2O2S. The fourth-order valence-electron chi connectivity index (χ4n) is 1.54. The Labute approximate surface area is 110 Å². The smallest absolute Gasteiger partial charge is 0.242 e. The molecule has 102 valence electrons. The summed E-state index contributed by atoms with van der Waals surface area (Å²) >= 11 is 0. The second-order valence-corrected chi connectivity index (χ2v) is 6.67. The van der Waals surface area contributed by atoms with Gasteiger partial charge in [0.2, 0.25) is 10.0 Å². The average Bonchev–Trinajstić information content (AvgIpc) is 2.35. The molecule has 0 aromatic heterocycles. The van der Waals surface area contributed by atoms with Crippen LogP contribution in [0.4, 0.5) is 0 Å². The van der Waals surface area contributed by atoms with Gasteiger partial charge >= 0.3 is 0 Å². The van der Waals surface area contributed by atoms with Gasteiger partial charge in [0.25, 0.3) is 0 Å². The van der Waals surface area contributed by atoms with Gasteiger partial charge in [0.05, 0.1) is 4.90 Å². The van der Waals surface area contributed by atoms with E-state index in [-0.39, 0.29) is 0 Å². The van der Waals surface area contributed by atoms with Crippen molar-refractivity contribution >= 4 is 10.0 Å². The van der Waals surface area contributed by atoms with Crippen LogP contribution in [0, 0.1) is 0 Å². The maximum atomic E-state index is 12.3. The van der Waals surface area contributed by atoms with E-state index < -0.39 is 10.0 Å². The normalized spacial score (nSPS) is 12.3. The highest BCUT2D eigenvalue weighted by Crippen LogP contribution is 2.15. The first-order valence-electron chi connectivity index (χ1n) is 6.08. The molecule has 0 saturated heterocycles. The summed E-state index contributed by atoms with van der Waals surface area (Å²) in [5, 5.41) is 0. The number of rotatable bonds is 6. The van der Waals surface area contributed by atoms with Gasteiger partial charge in [-0.1, -0.05) is 19.1 Å². The van der Waals surface area contributed by atoms with Gasteiger partial charge in [-0.2, -0.15) is 4.31 Å². The van der Waals surface area contributed by atoms with Crippen molar-refractivity contribution in [2.45, 2.75) is 18.2 Å². The van der Waals surface area contributed by atoms with E-state index in [1.807, 2.05) is 38.1 Å². The van der Waals surface area contributed by atoms with Crippen molar-refractivity contribution in [2.75, 3.05) is 34.2 Å². The standard InChI is InChI=1S/C13H22N2O2S/c1-5-12-6-8-13(9-7-12)18(16,17)15(4)11-10-14(2)3/h6-9H,5,10-11H2,1-4H3. The molecule has 1 aromatic rings. The molecule has 18 heavy (non-hydrogen) atoms. The summed E-state index contributed by atoms with van der Waals surface area (Å²) in [6.45, 7) is 3.25. The molecular weight excluding hydrogens is 248 g/mol. The molecule has 0 heterocycles. The Morgan fingerprint density at radius 3 is 2.00 bits per heavy atom. The number of aryl methyl sites for hydroxylation is 1. The first-order valence-corrected chi connectivity index (χ1v) is 7.52. The Bertz CT molecular complexity index is 466. The summed E-state index contributed by atoms with van der Waals surface area (Å²) in [6, 6.07) is 7.10. The van der Waals surface area contributed by atoms with Crippen molar-refractivity contribution < 1.29 is 8.42 Å². The lowest BCUT2D eigenvalue weighted by molar-refractivity contribution is 0.358. The van der Waals surface area contributed by atoms with Gasteiger partial charge < -0.3 is 4.90 Å². The molecule has 0 unspecified atom stereocenters. The summed E-state index contributed by atoms with van der Waals surface area (Å²) in [5.74, 6) is 0. The van der Waals surface area contributed by atoms with Crippen molar-refractivity contribution in [2.24, 2.45) is 0 Å². The minimum absolute atomic E-state index is 0.362. The molecule has 1 aromatic carbocycles. The van der Waals surface area contributed by atoms with Gasteiger partial charge in [0.1, 0.15) is 0 Å². The summed E-state index contributed by atoms with van der Waals surface area (Å²) in [4.78, 5) is 2.33. The highest BCUT2D eigenvalue weighted by atomic mass is 32.2. The summed E-state index contributed by atoms with van der Waals surface area (Å²) in [7, 11) is 2.12. The number of nitrogens with zero attached hydrogens (tertiary/aromatic N) is 2. The minimum Gasteiger partial charge on any atom is -0.308 e. The number of hydrogen-bond acceptors (Lipinski definition) is 3. The number of likely N-dealkylation sites (N-methyl/N-ethyl adjacent to an activating group) is 2. The topological polar surface area (TPSA) is 40.6 Å². The SMILES string of the molecule is CCc1ccc(S(=O)(=O)N(C)CCN(C)C)cc1. The van der Waals surface area contributed by atoms with Crippen molar-refractivity contribution in [3.05, 3.63) is 29.8 Å². The van der Waals surface area contributed by atoms with E-state index in [4.69, 9.17) is 0 Å². The van der Waals surface area contributed by atoms with Gasteiger partial charge in [-0.15, -0.1) is 0 Å². The molecule has 0 radical (unpaired) electrons. The minimum atomic E-state index is -3.35. The third-order valence-electron chi connectivity index (χ3n) is 2.90. The molecule has 5 heteroatoms. The predicted octanol–water partition coefficient (Wildman–Crippen LogP) is 1.43. The molecule has 1 rings (SSSR count). The fraction of sp³-hybridized carbons (Fsp3) is 0.538. The average molecular weight is 270 g/mol. The zero-order valence-electron chi connectivity index (χ0n) is 11.5. The van der Waals surface area contributed by atoms with Crippen LogP contribution in [0.5, 0.6) is 0 Å². The maximum absolute atomic E-state index is 12.3. The largest absolute Gasteiger partial charge is 0.308 e. The Kier molecular flexibility index (Phi) is 5.31. The molecule has 0 aliphatic heterocycles. The Balaban J connectivity index is 2.84. The van der Waals surface area contributed by atoms with E-state index >= 15 is 0 Å². The summed E-state index contributed by atoms with van der Waals surface area (Å²) in [5.41, 5.74) is 1.14. The van der Waals surface area contributed by atoms with E-state index in [0.29, 0.717) is 18.0 Å². The van der Waals surface area contributed by atoms with Crippen LogP contribution in [0.15, 0.2) is 29.2 Å². The molecule has 0 fully saturated rings. The summed E-state index contributed by atoms with van der Waals surface area (Å²) < 4.78 is 25.9. The third-order valence-corrected chi connectivity index (χ3v) is 4.77. The van der Waals surface area contributed by atoms with Crippen LogP contribution in [-0.4, -0.2) is 51.9 Å². The van der Waals surface area contributed by atoms with Crippen LogP contribution in [0.3, 0.4) is 0 Å². The van der Waals surface area contributed by atoms with Crippen LogP contribution < -0.4 is 0 Å². The van der Waals surface area contributed by atoms with Crippen molar-refractivity contribution in [1.29, 1.82) is 0 Å². The maximum Gasteiger partial charge on any atom is 0.242 e. The van der Waals surface area contributed by atoms with Gasteiger partial charge in [0.15, 0.2) is 0 Å². The first-order chi connectivity index (χ1) is 8.37. The van der Waals surface area contributed by atoms with E-state index in [0.717, 1.165) is 12.0 Å². The number of hydrogen-bond donors (Lipinski definition) is 0. The first kappa shape index (κ1) is 15.1. The molecule has 0 bridgehead atoms. The lowest BCUT2D eigenvalue weighted by Gasteiger charge is -2.19. The van der Waals surface area contributed by atoms with Crippen LogP contribution in [0.2, 0.25) is 0 Å². The second-order valence-electron chi connectivity index (χ2n) is 4.63. The van der Waals surface area contributed by atoms with Crippen LogP contribution in [0.1, 0.15) is 12.5 Å². The van der Waals surface area contributed by atoms with Crippen LogP contribution in [0.25, 0.3) is 0 Å². The highest BCUT2D eigenvalue weighted by molar-refractivity contribution is 7.89. The monoisotopic (exact) mass is 270 g/mol.